The van der Waals surface area contributed by atoms with Crippen LogP contribution in [0.3, 0.4) is 0 Å². The Balaban J connectivity index is 2.44. The van der Waals surface area contributed by atoms with E-state index in [-0.39, 0.29) is 0 Å². The maximum atomic E-state index is 9.29. The summed E-state index contributed by atoms with van der Waals surface area (Å²) in [7, 11) is 0. The molecule has 1 aromatic heterocycles. The van der Waals surface area contributed by atoms with Crippen LogP contribution in [0.1, 0.15) is 43.1 Å². The zero-order valence-electron chi connectivity index (χ0n) is 10.8. The van der Waals surface area contributed by atoms with E-state index in [1.807, 2.05) is 13.8 Å². The minimum atomic E-state index is 0.642. The molecule has 90 valence electrons. The zero-order valence-corrected chi connectivity index (χ0v) is 10.8. The lowest BCUT2D eigenvalue weighted by Gasteiger charge is -2.26. The van der Waals surface area contributed by atoms with Crippen molar-refractivity contribution in [3.8, 4) is 6.07 Å². The molecule has 1 fully saturated rings. The monoisotopic (exact) mass is 229 g/mol. The summed E-state index contributed by atoms with van der Waals surface area (Å²) in [5, 5.41) is 9.29. The first-order chi connectivity index (χ1) is 8.17. The normalized spacial score (nSPS) is 14.5. The molecule has 0 N–H and O–H groups in total. The second-order valence-electron chi connectivity index (χ2n) is 4.78. The second-order valence-corrected chi connectivity index (χ2v) is 4.78. The van der Waals surface area contributed by atoms with E-state index in [4.69, 9.17) is 0 Å². The van der Waals surface area contributed by atoms with Gasteiger partial charge in [0.25, 0.3) is 0 Å². The molecule has 0 amide bonds. The predicted octanol–water partition coefficient (Wildman–Crippen LogP) is 2.95. The number of anilines is 1. The van der Waals surface area contributed by atoms with E-state index in [0.717, 1.165) is 35.6 Å². The van der Waals surface area contributed by atoms with Crippen LogP contribution < -0.4 is 4.90 Å². The maximum absolute atomic E-state index is 9.29. The van der Waals surface area contributed by atoms with Crippen molar-refractivity contribution < 1.29 is 0 Å². The van der Waals surface area contributed by atoms with Crippen LogP contribution in [0.5, 0.6) is 0 Å². The van der Waals surface area contributed by atoms with Crippen LogP contribution in [0, 0.1) is 25.2 Å². The van der Waals surface area contributed by atoms with Gasteiger partial charge in [0, 0.05) is 18.3 Å². The zero-order chi connectivity index (χ0) is 12.4. The highest BCUT2D eigenvalue weighted by Gasteiger charge is 2.30. The number of pyridine rings is 1. The first-order valence-corrected chi connectivity index (χ1v) is 6.32. The first kappa shape index (κ1) is 11.9. The molecule has 0 radical (unpaired) electrons. The SMILES string of the molecule is CCCN(c1cc(C)nc(C)c1C#N)C1CC1. The van der Waals surface area contributed by atoms with E-state index in [9.17, 15) is 5.26 Å². The van der Waals surface area contributed by atoms with Crippen molar-refractivity contribution in [2.45, 2.75) is 46.1 Å². The molecular weight excluding hydrogens is 210 g/mol. The van der Waals surface area contributed by atoms with Gasteiger partial charge in [0.1, 0.15) is 6.07 Å². The van der Waals surface area contributed by atoms with E-state index >= 15 is 0 Å². The van der Waals surface area contributed by atoms with Crippen molar-refractivity contribution >= 4 is 5.69 Å². The molecule has 2 rings (SSSR count). The summed E-state index contributed by atoms with van der Waals surface area (Å²) in [5.41, 5.74) is 3.68. The summed E-state index contributed by atoms with van der Waals surface area (Å²) in [6, 6.07) is 5.01. The fraction of sp³-hybridized carbons (Fsp3) is 0.571. The summed E-state index contributed by atoms with van der Waals surface area (Å²) < 4.78 is 0. The molecule has 3 heteroatoms. The molecule has 1 aromatic rings. The maximum Gasteiger partial charge on any atom is 0.103 e. The van der Waals surface area contributed by atoms with E-state index in [1.54, 1.807) is 0 Å². The lowest BCUT2D eigenvalue weighted by Crippen LogP contribution is -2.27. The number of hydrogen-bond acceptors (Lipinski definition) is 3. The quantitative estimate of drug-likeness (QED) is 0.797. The highest BCUT2D eigenvalue weighted by Crippen LogP contribution is 2.34. The lowest BCUT2D eigenvalue weighted by molar-refractivity contribution is 0.759. The van der Waals surface area contributed by atoms with E-state index in [0.29, 0.717) is 6.04 Å². The molecule has 0 unspecified atom stereocenters. The van der Waals surface area contributed by atoms with Gasteiger partial charge in [0.05, 0.1) is 16.9 Å². The van der Waals surface area contributed by atoms with Gasteiger partial charge in [-0.15, -0.1) is 0 Å². The van der Waals surface area contributed by atoms with Gasteiger partial charge in [-0.25, -0.2) is 0 Å². The largest absolute Gasteiger partial charge is 0.367 e. The summed E-state index contributed by atoms with van der Waals surface area (Å²) in [4.78, 5) is 6.77. The number of hydrogen-bond donors (Lipinski definition) is 0. The highest BCUT2D eigenvalue weighted by molar-refractivity contribution is 5.62. The van der Waals surface area contributed by atoms with Crippen LogP contribution in [0.25, 0.3) is 0 Å². The van der Waals surface area contributed by atoms with Gasteiger partial charge in [0.2, 0.25) is 0 Å². The Morgan fingerprint density at radius 1 is 1.47 bits per heavy atom. The van der Waals surface area contributed by atoms with Gasteiger partial charge in [0.15, 0.2) is 0 Å². The minimum Gasteiger partial charge on any atom is -0.367 e. The Morgan fingerprint density at radius 2 is 2.18 bits per heavy atom. The van der Waals surface area contributed by atoms with Crippen molar-refractivity contribution in [3.63, 3.8) is 0 Å². The summed E-state index contributed by atoms with van der Waals surface area (Å²) >= 11 is 0. The van der Waals surface area contributed by atoms with Gasteiger partial charge in [-0.05, 0) is 39.2 Å². The van der Waals surface area contributed by atoms with Gasteiger partial charge in [-0.2, -0.15) is 5.26 Å². The van der Waals surface area contributed by atoms with Crippen molar-refractivity contribution in [1.29, 1.82) is 5.26 Å². The minimum absolute atomic E-state index is 0.642. The van der Waals surface area contributed by atoms with Crippen LogP contribution in [0.4, 0.5) is 5.69 Å². The number of aromatic nitrogens is 1. The fourth-order valence-electron chi connectivity index (χ4n) is 2.30. The van der Waals surface area contributed by atoms with E-state index < -0.39 is 0 Å². The Hall–Kier alpha value is -1.56. The molecule has 3 nitrogen and oxygen atoms in total. The van der Waals surface area contributed by atoms with Gasteiger partial charge in [-0.1, -0.05) is 6.92 Å². The van der Waals surface area contributed by atoms with Gasteiger partial charge >= 0.3 is 0 Å². The molecule has 0 spiro atoms. The third kappa shape index (κ3) is 2.41. The van der Waals surface area contributed by atoms with Crippen LogP contribution in [-0.4, -0.2) is 17.6 Å². The number of nitrogens with zero attached hydrogens (tertiary/aromatic N) is 3. The van der Waals surface area contributed by atoms with Crippen molar-refractivity contribution in [2.24, 2.45) is 0 Å². The summed E-state index contributed by atoms with van der Waals surface area (Å²) in [6.07, 6.45) is 3.62. The summed E-state index contributed by atoms with van der Waals surface area (Å²) in [6.45, 7) is 7.13. The Labute approximate surface area is 103 Å². The smallest absolute Gasteiger partial charge is 0.103 e. The Kier molecular flexibility index (Phi) is 3.33. The van der Waals surface area contributed by atoms with Crippen LogP contribution in [0.2, 0.25) is 0 Å². The third-order valence-electron chi connectivity index (χ3n) is 3.18. The number of nitriles is 1. The molecule has 0 atom stereocenters. The fourth-order valence-corrected chi connectivity index (χ4v) is 2.30. The van der Waals surface area contributed by atoms with Crippen molar-refractivity contribution in [3.05, 3.63) is 23.0 Å². The number of aryl methyl sites for hydroxylation is 2. The molecule has 1 heterocycles. The molecule has 17 heavy (non-hydrogen) atoms. The molecule has 0 aromatic carbocycles. The molecular formula is C14H19N3. The standard InChI is InChI=1S/C14H19N3/c1-4-7-17(12-5-6-12)14-8-10(2)16-11(3)13(14)9-15/h8,12H,4-7H2,1-3H3. The van der Waals surface area contributed by atoms with E-state index in [2.05, 4.69) is 28.9 Å². The Morgan fingerprint density at radius 3 is 2.71 bits per heavy atom. The van der Waals surface area contributed by atoms with Gasteiger partial charge < -0.3 is 4.90 Å². The molecule has 0 saturated heterocycles. The molecule has 0 bridgehead atoms. The lowest BCUT2D eigenvalue weighted by atomic mass is 10.1. The predicted molar refractivity (Wildman–Crippen MR) is 69.1 cm³/mol. The Bertz CT molecular complexity index is 455. The second kappa shape index (κ2) is 4.75. The topological polar surface area (TPSA) is 39.9 Å². The average molecular weight is 229 g/mol. The molecule has 1 saturated carbocycles. The van der Waals surface area contributed by atoms with E-state index in [1.165, 1.54) is 12.8 Å². The highest BCUT2D eigenvalue weighted by atomic mass is 15.2. The summed E-state index contributed by atoms with van der Waals surface area (Å²) in [5.74, 6) is 0. The first-order valence-electron chi connectivity index (χ1n) is 6.32. The number of rotatable bonds is 4. The third-order valence-corrected chi connectivity index (χ3v) is 3.18. The van der Waals surface area contributed by atoms with Crippen LogP contribution >= 0.6 is 0 Å². The molecule has 1 aliphatic carbocycles. The van der Waals surface area contributed by atoms with Crippen LogP contribution in [0.15, 0.2) is 6.07 Å². The van der Waals surface area contributed by atoms with Crippen molar-refractivity contribution in [2.75, 3.05) is 11.4 Å². The molecule has 1 aliphatic rings. The van der Waals surface area contributed by atoms with Crippen molar-refractivity contribution in [1.82, 2.24) is 4.98 Å². The van der Waals surface area contributed by atoms with Gasteiger partial charge in [-0.3, -0.25) is 4.98 Å². The average Bonchev–Trinajstić information content (AvgIpc) is 3.08. The van der Waals surface area contributed by atoms with Crippen LogP contribution in [-0.2, 0) is 0 Å². The molecule has 0 aliphatic heterocycles.